The Balaban J connectivity index is 1.38. The quantitative estimate of drug-likeness (QED) is 0.358. The minimum Gasteiger partial charge on any atom is -0.486 e. The van der Waals surface area contributed by atoms with E-state index in [0.717, 1.165) is 36.8 Å². The first-order valence-corrected chi connectivity index (χ1v) is 11.4. The maximum atomic E-state index is 6.01. The third kappa shape index (κ3) is 4.52. The van der Waals surface area contributed by atoms with Gasteiger partial charge in [0.2, 0.25) is 4.77 Å². The summed E-state index contributed by atoms with van der Waals surface area (Å²) in [5, 5.41) is 4.87. The highest BCUT2D eigenvalue weighted by molar-refractivity contribution is 7.71. The molecule has 0 spiro atoms. The largest absolute Gasteiger partial charge is 0.486 e. The van der Waals surface area contributed by atoms with Crippen molar-refractivity contribution in [3.8, 4) is 11.4 Å². The maximum absolute atomic E-state index is 6.01. The Morgan fingerprint density at radius 2 is 1.53 bits per heavy atom. The van der Waals surface area contributed by atoms with Crippen molar-refractivity contribution in [2.45, 2.75) is 25.6 Å². The van der Waals surface area contributed by atoms with Crippen molar-refractivity contribution in [3.63, 3.8) is 0 Å². The van der Waals surface area contributed by atoms with Gasteiger partial charge >= 0.3 is 0 Å². The minimum absolute atomic E-state index is 0.349. The molecule has 0 radical (unpaired) electrons. The van der Waals surface area contributed by atoms with Gasteiger partial charge in [0.25, 0.3) is 0 Å². The zero-order valence-electron chi connectivity index (χ0n) is 17.9. The van der Waals surface area contributed by atoms with Crippen LogP contribution in [0.4, 0.5) is 0 Å². The number of aromatic nitrogens is 3. The van der Waals surface area contributed by atoms with Crippen LogP contribution in [0.15, 0.2) is 91.0 Å². The average molecular weight is 443 g/mol. The third-order valence-electron chi connectivity index (χ3n) is 5.91. The van der Waals surface area contributed by atoms with Crippen molar-refractivity contribution in [2.24, 2.45) is 0 Å². The summed E-state index contributed by atoms with van der Waals surface area (Å²) in [6.07, 6.45) is 1.15. The minimum atomic E-state index is 0.349. The van der Waals surface area contributed by atoms with Crippen LogP contribution >= 0.6 is 12.2 Å². The van der Waals surface area contributed by atoms with Crippen LogP contribution in [-0.4, -0.2) is 32.3 Å². The number of hydrogen-bond acceptors (Lipinski definition) is 4. The number of nitrogens with zero attached hydrogens (tertiary/aromatic N) is 4. The van der Waals surface area contributed by atoms with E-state index >= 15 is 0 Å². The molecular weight excluding hydrogens is 416 g/mol. The Hall–Kier alpha value is -3.22. The van der Waals surface area contributed by atoms with Crippen LogP contribution < -0.4 is 4.74 Å². The van der Waals surface area contributed by atoms with E-state index in [9.17, 15) is 0 Å². The van der Waals surface area contributed by atoms with E-state index in [1.54, 1.807) is 0 Å². The first-order valence-electron chi connectivity index (χ1n) is 11.0. The molecule has 1 aliphatic rings. The summed E-state index contributed by atoms with van der Waals surface area (Å²) < 4.78 is 10.6. The molecule has 0 aliphatic carbocycles. The molecule has 5 rings (SSSR count). The van der Waals surface area contributed by atoms with Crippen LogP contribution in [0.5, 0.6) is 5.75 Å². The predicted molar refractivity (Wildman–Crippen MR) is 129 cm³/mol. The molecule has 5 nitrogen and oxygen atoms in total. The molecule has 0 N–H and O–H groups in total. The van der Waals surface area contributed by atoms with E-state index < -0.39 is 0 Å². The molecule has 1 atom stereocenters. The summed E-state index contributed by atoms with van der Waals surface area (Å²) in [6.45, 7) is 3.08. The second kappa shape index (κ2) is 9.51. The fourth-order valence-corrected chi connectivity index (χ4v) is 4.60. The van der Waals surface area contributed by atoms with Crippen molar-refractivity contribution in [2.75, 3.05) is 13.1 Å². The van der Waals surface area contributed by atoms with Crippen LogP contribution in [0.1, 0.15) is 23.7 Å². The number of likely N-dealkylation sites (tertiary alicyclic amines) is 1. The van der Waals surface area contributed by atoms with E-state index in [0.29, 0.717) is 24.0 Å². The van der Waals surface area contributed by atoms with Crippen LogP contribution in [0.3, 0.4) is 0 Å². The molecule has 1 aliphatic heterocycles. The number of ether oxygens (including phenoxy) is 1. The predicted octanol–water partition coefficient (Wildman–Crippen LogP) is 5.43. The van der Waals surface area contributed by atoms with Gasteiger partial charge in [0.05, 0.1) is 6.67 Å². The third-order valence-corrected chi connectivity index (χ3v) is 6.30. The van der Waals surface area contributed by atoms with Gasteiger partial charge in [-0.15, -0.1) is 0 Å². The van der Waals surface area contributed by atoms with E-state index in [1.807, 2.05) is 57.8 Å². The summed E-state index contributed by atoms with van der Waals surface area (Å²) in [4.78, 5) is 2.43. The van der Waals surface area contributed by atoms with Gasteiger partial charge < -0.3 is 4.74 Å². The molecule has 0 saturated carbocycles. The molecule has 162 valence electrons. The first kappa shape index (κ1) is 20.7. The highest BCUT2D eigenvalue weighted by Gasteiger charge is 2.25. The van der Waals surface area contributed by atoms with Crippen molar-refractivity contribution in [1.82, 2.24) is 19.2 Å². The Bertz CT molecular complexity index is 1210. The first-order chi connectivity index (χ1) is 15.8. The van der Waals surface area contributed by atoms with Gasteiger partial charge in [0, 0.05) is 18.8 Å². The van der Waals surface area contributed by atoms with Gasteiger partial charge in [-0.25, -0.2) is 4.68 Å². The Morgan fingerprint density at radius 3 is 2.25 bits per heavy atom. The molecule has 32 heavy (non-hydrogen) atoms. The SMILES string of the molecule is S=c1n(CN2CC[C@@H](c3ccccc3)C2)nc(COc2ccccc2)n1-c1ccccc1. The van der Waals surface area contributed by atoms with Crippen LogP contribution in [0, 0.1) is 4.77 Å². The summed E-state index contributed by atoms with van der Waals surface area (Å²) in [7, 11) is 0. The zero-order chi connectivity index (χ0) is 21.8. The summed E-state index contributed by atoms with van der Waals surface area (Å²) >= 11 is 5.86. The van der Waals surface area contributed by atoms with Gasteiger partial charge in [0.1, 0.15) is 12.4 Å². The second-order valence-corrected chi connectivity index (χ2v) is 8.45. The Morgan fingerprint density at radius 1 is 0.875 bits per heavy atom. The van der Waals surface area contributed by atoms with E-state index in [1.165, 1.54) is 5.56 Å². The fraction of sp³-hybridized carbons (Fsp3) is 0.231. The number of rotatable bonds is 7. The molecule has 1 fully saturated rings. The molecule has 2 heterocycles. The molecule has 6 heteroatoms. The lowest BCUT2D eigenvalue weighted by Gasteiger charge is -2.16. The molecule has 0 unspecified atom stereocenters. The van der Waals surface area contributed by atoms with Crippen LogP contribution in [0.2, 0.25) is 0 Å². The molecule has 1 aromatic heterocycles. The Kier molecular flexibility index (Phi) is 6.14. The van der Waals surface area contributed by atoms with Crippen molar-refractivity contribution >= 4 is 12.2 Å². The smallest absolute Gasteiger partial charge is 0.203 e. The summed E-state index contributed by atoms with van der Waals surface area (Å²) in [5.74, 6) is 2.17. The lowest BCUT2D eigenvalue weighted by Crippen LogP contribution is -2.24. The molecular formula is C26H26N4OS. The maximum Gasteiger partial charge on any atom is 0.203 e. The van der Waals surface area contributed by atoms with Crippen LogP contribution in [-0.2, 0) is 13.3 Å². The lowest BCUT2D eigenvalue weighted by atomic mass is 9.99. The average Bonchev–Trinajstić information content (AvgIpc) is 3.44. The Labute approximate surface area is 193 Å². The number of benzene rings is 3. The van der Waals surface area contributed by atoms with Gasteiger partial charge in [-0.1, -0.05) is 66.7 Å². The number of para-hydroxylation sites is 2. The zero-order valence-corrected chi connectivity index (χ0v) is 18.7. The molecule has 0 amide bonds. The van der Waals surface area contributed by atoms with Crippen molar-refractivity contribution in [3.05, 3.63) is 107 Å². The molecule has 0 bridgehead atoms. The lowest BCUT2D eigenvalue weighted by molar-refractivity contribution is 0.246. The normalized spacial score (nSPS) is 16.3. The summed E-state index contributed by atoms with van der Waals surface area (Å²) in [5.41, 5.74) is 2.41. The van der Waals surface area contributed by atoms with Crippen LogP contribution in [0.25, 0.3) is 5.69 Å². The highest BCUT2D eigenvalue weighted by Crippen LogP contribution is 2.27. The standard InChI is InChI=1S/C26H26N4OS/c32-26-29(20-28-17-16-22(18-28)21-10-4-1-5-11-21)27-25(19-31-24-14-8-3-9-15-24)30(26)23-12-6-2-7-13-23/h1-15,22H,16-20H2/t22-/m1/s1. The van der Waals surface area contributed by atoms with Gasteiger partial charge in [-0.2, -0.15) is 5.10 Å². The van der Waals surface area contributed by atoms with Gasteiger partial charge in [-0.05, 0) is 54.4 Å². The second-order valence-electron chi connectivity index (χ2n) is 8.09. The van der Waals surface area contributed by atoms with Crippen molar-refractivity contribution in [1.29, 1.82) is 0 Å². The van der Waals surface area contributed by atoms with Crippen molar-refractivity contribution < 1.29 is 4.74 Å². The van der Waals surface area contributed by atoms with E-state index in [4.69, 9.17) is 22.1 Å². The van der Waals surface area contributed by atoms with Gasteiger partial charge in [0.15, 0.2) is 5.82 Å². The molecule has 3 aromatic carbocycles. The number of hydrogen-bond donors (Lipinski definition) is 0. The summed E-state index contributed by atoms with van der Waals surface area (Å²) in [6, 6.07) is 30.7. The highest BCUT2D eigenvalue weighted by atomic mass is 32.1. The topological polar surface area (TPSA) is 35.2 Å². The molecule has 4 aromatic rings. The van der Waals surface area contributed by atoms with Gasteiger partial charge in [-0.3, -0.25) is 9.47 Å². The molecule has 1 saturated heterocycles. The fourth-order valence-electron chi connectivity index (χ4n) is 4.29. The van der Waals surface area contributed by atoms with E-state index in [-0.39, 0.29) is 0 Å². The monoisotopic (exact) mass is 442 g/mol. The van der Waals surface area contributed by atoms with E-state index in [2.05, 4.69) is 47.4 Å².